The highest BCUT2D eigenvalue weighted by Gasteiger charge is 2.13. The molecule has 2 aromatic heterocycles. The molecular weight excluding hydrogens is 220 g/mol. The van der Waals surface area contributed by atoms with Gasteiger partial charge in [-0.3, -0.25) is 0 Å². The maximum Gasteiger partial charge on any atom is 0.375 e. The summed E-state index contributed by atoms with van der Waals surface area (Å²) in [7, 11) is 0. The average Bonchev–Trinajstić information content (AvgIpc) is 2.61. The number of hydrogen-bond acceptors (Lipinski definition) is 4. The zero-order valence-electron chi connectivity index (χ0n) is 7.81. The highest BCUT2D eigenvalue weighted by Crippen LogP contribution is 2.12. The predicted molar refractivity (Wildman–Crippen MR) is 52.1 cm³/mol. The van der Waals surface area contributed by atoms with Crippen molar-refractivity contribution in [2.75, 3.05) is 0 Å². The number of aromatic carboxylic acids is 1. The van der Waals surface area contributed by atoms with Crippen molar-refractivity contribution in [3.63, 3.8) is 0 Å². The molecule has 0 aliphatic rings. The van der Waals surface area contributed by atoms with Gasteiger partial charge in [-0.1, -0.05) is 18.5 Å². The van der Waals surface area contributed by atoms with E-state index in [1.165, 1.54) is 4.52 Å². The van der Waals surface area contributed by atoms with Crippen LogP contribution in [0.2, 0.25) is 5.15 Å². The number of carboxylic acid groups (broad SMARTS) is 1. The zero-order chi connectivity index (χ0) is 11.0. The van der Waals surface area contributed by atoms with Crippen molar-refractivity contribution in [1.82, 2.24) is 19.6 Å². The number of rotatable bonds is 2. The third-order valence-corrected chi connectivity index (χ3v) is 2.14. The van der Waals surface area contributed by atoms with E-state index < -0.39 is 5.97 Å². The number of hydrogen-bond donors (Lipinski definition) is 1. The van der Waals surface area contributed by atoms with Gasteiger partial charge in [0, 0.05) is 5.69 Å². The van der Waals surface area contributed by atoms with E-state index in [4.69, 9.17) is 16.7 Å². The molecule has 7 heteroatoms. The summed E-state index contributed by atoms with van der Waals surface area (Å²) in [6, 6.07) is 1.63. The van der Waals surface area contributed by atoms with E-state index in [2.05, 4.69) is 15.1 Å². The van der Waals surface area contributed by atoms with Crippen LogP contribution in [0, 0.1) is 0 Å². The van der Waals surface area contributed by atoms with Crippen molar-refractivity contribution in [1.29, 1.82) is 0 Å². The van der Waals surface area contributed by atoms with E-state index >= 15 is 0 Å². The lowest BCUT2D eigenvalue weighted by molar-refractivity contribution is 0.0684. The lowest BCUT2D eigenvalue weighted by atomic mass is 10.3. The van der Waals surface area contributed by atoms with Crippen molar-refractivity contribution < 1.29 is 9.90 Å². The molecule has 78 valence electrons. The molecule has 2 aromatic rings. The summed E-state index contributed by atoms with van der Waals surface area (Å²) in [6.07, 6.45) is 0.700. The molecule has 2 heterocycles. The van der Waals surface area contributed by atoms with Gasteiger partial charge in [0.2, 0.25) is 0 Å². The fraction of sp³-hybridized carbons (Fsp3) is 0.250. The third kappa shape index (κ3) is 1.63. The van der Waals surface area contributed by atoms with E-state index in [9.17, 15) is 4.79 Å². The standard InChI is InChI=1S/C8H7ClN4O2/c1-2-4-3-5(9)13-8(10-4)11-6(12-13)7(14)15/h3H,2H2,1H3,(H,14,15). The predicted octanol–water partition coefficient (Wildman–Crippen LogP) is 1.04. The van der Waals surface area contributed by atoms with Crippen LogP contribution in [0.3, 0.4) is 0 Å². The van der Waals surface area contributed by atoms with Crippen molar-refractivity contribution in [3.05, 3.63) is 22.7 Å². The Morgan fingerprint density at radius 3 is 2.93 bits per heavy atom. The molecule has 0 amide bonds. The summed E-state index contributed by atoms with van der Waals surface area (Å²) in [5, 5.41) is 12.7. The molecule has 2 rings (SSSR count). The number of fused-ring (bicyclic) bond motifs is 1. The van der Waals surface area contributed by atoms with Gasteiger partial charge in [-0.15, -0.1) is 5.10 Å². The van der Waals surface area contributed by atoms with Gasteiger partial charge in [-0.05, 0) is 12.5 Å². The molecule has 0 saturated carbocycles. The van der Waals surface area contributed by atoms with E-state index in [0.717, 1.165) is 5.69 Å². The van der Waals surface area contributed by atoms with Gasteiger partial charge in [0.25, 0.3) is 11.6 Å². The van der Waals surface area contributed by atoms with Gasteiger partial charge in [0.05, 0.1) is 0 Å². The molecule has 0 aliphatic heterocycles. The zero-order valence-corrected chi connectivity index (χ0v) is 8.56. The number of aromatic nitrogens is 4. The average molecular weight is 227 g/mol. The summed E-state index contributed by atoms with van der Waals surface area (Å²) < 4.78 is 1.20. The largest absolute Gasteiger partial charge is 0.475 e. The highest BCUT2D eigenvalue weighted by atomic mass is 35.5. The van der Waals surface area contributed by atoms with Crippen molar-refractivity contribution in [2.24, 2.45) is 0 Å². The molecule has 0 radical (unpaired) electrons. The first-order valence-electron chi connectivity index (χ1n) is 4.27. The molecule has 15 heavy (non-hydrogen) atoms. The van der Waals surface area contributed by atoms with Gasteiger partial charge >= 0.3 is 5.97 Å². The smallest absolute Gasteiger partial charge is 0.375 e. The number of carbonyl (C=O) groups is 1. The Labute approximate surface area is 89.5 Å². The minimum Gasteiger partial charge on any atom is -0.475 e. The van der Waals surface area contributed by atoms with Gasteiger partial charge in [-0.2, -0.15) is 9.50 Å². The van der Waals surface area contributed by atoms with Crippen LogP contribution in [0.4, 0.5) is 0 Å². The molecule has 0 unspecified atom stereocenters. The fourth-order valence-electron chi connectivity index (χ4n) is 1.15. The first kappa shape index (κ1) is 9.85. The second-order valence-electron chi connectivity index (χ2n) is 2.88. The van der Waals surface area contributed by atoms with E-state index in [1.807, 2.05) is 6.92 Å². The molecule has 1 N–H and O–H groups in total. The maximum absolute atomic E-state index is 10.6. The molecule has 0 aromatic carbocycles. The van der Waals surface area contributed by atoms with Crippen LogP contribution in [-0.4, -0.2) is 30.7 Å². The normalized spacial score (nSPS) is 10.8. The minimum atomic E-state index is -1.20. The Balaban J connectivity index is 2.69. The van der Waals surface area contributed by atoms with Crippen molar-refractivity contribution >= 4 is 23.3 Å². The molecule has 0 spiro atoms. The number of nitrogens with zero attached hydrogens (tertiary/aromatic N) is 4. The Morgan fingerprint density at radius 1 is 1.60 bits per heavy atom. The topological polar surface area (TPSA) is 80.4 Å². The number of aryl methyl sites for hydroxylation is 1. The molecule has 0 aliphatic carbocycles. The second-order valence-corrected chi connectivity index (χ2v) is 3.26. The van der Waals surface area contributed by atoms with Crippen molar-refractivity contribution in [3.8, 4) is 0 Å². The summed E-state index contributed by atoms with van der Waals surface area (Å²) in [5.74, 6) is -1.30. The Kier molecular flexibility index (Phi) is 2.28. The first-order chi connectivity index (χ1) is 7.11. The Bertz CT molecular complexity index is 537. The summed E-state index contributed by atoms with van der Waals surface area (Å²) in [4.78, 5) is 18.5. The van der Waals surface area contributed by atoms with Crippen LogP contribution < -0.4 is 0 Å². The van der Waals surface area contributed by atoms with E-state index in [-0.39, 0.29) is 11.6 Å². The van der Waals surface area contributed by atoms with Crippen LogP contribution in [0.5, 0.6) is 0 Å². The number of halogens is 1. The SMILES string of the molecule is CCc1cc(Cl)n2nc(C(=O)O)nc2n1. The summed E-state index contributed by atoms with van der Waals surface area (Å²) in [6.45, 7) is 1.92. The summed E-state index contributed by atoms with van der Waals surface area (Å²) in [5.41, 5.74) is 0.747. The van der Waals surface area contributed by atoms with Crippen LogP contribution in [-0.2, 0) is 6.42 Å². The number of carboxylic acids is 1. The van der Waals surface area contributed by atoms with E-state index in [0.29, 0.717) is 11.6 Å². The monoisotopic (exact) mass is 226 g/mol. The fourth-order valence-corrected chi connectivity index (χ4v) is 1.39. The Morgan fingerprint density at radius 2 is 2.33 bits per heavy atom. The van der Waals surface area contributed by atoms with Gasteiger partial charge < -0.3 is 5.11 Å². The lowest BCUT2D eigenvalue weighted by Crippen LogP contribution is -1.99. The van der Waals surface area contributed by atoms with Crippen LogP contribution in [0.15, 0.2) is 6.07 Å². The second kappa shape index (κ2) is 3.47. The lowest BCUT2D eigenvalue weighted by Gasteiger charge is -1.97. The molecular formula is C8H7ClN4O2. The molecule has 6 nitrogen and oxygen atoms in total. The third-order valence-electron chi connectivity index (χ3n) is 1.88. The van der Waals surface area contributed by atoms with E-state index in [1.54, 1.807) is 6.07 Å². The minimum absolute atomic E-state index is 0.205. The van der Waals surface area contributed by atoms with Crippen LogP contribution in [0.1, 0.15) is 23.2 Å². The van der Waals surface area contributed by atoms with Gasteiger partial charge in [-0.25, -0.2) is 9.78 Å². The van der Waals surface area contributed by atoms with Crippen LogP contribution in [0.25, 0.3) is 5.78 Å². The van der Waals surface area contributed by atoms with Crippen LogP contribution >= 0.6 is 11.6 Å². The molecule has 0 bridgehead atoms. The molecule has 0 atom stereocenters. The summed E-state index contributed by atoms with van der Waals surface area (Å²) >= 11 is 5.89. The van der Waals surface area contributed by atoms with Crippen molar-refractivity contribution in [2.45, 2.75) is 13.3 Å². The van der Waals surface area contributed by atoms with Gasteiger partial charge in [0.1, 0.15) is 5.15 Å². The quantitative estimate of drug-likeness (QED) is 0.774. The highest BCUT2D eigenvalue weighted by molar-refractivity contribution is 6.29. The molecule has 0 saturated heterocycles. The van der Waals surface area contributed by atoms with Gasteiger partial charge in [0.15, 0.2) is 0 Å². The Hall–Kier alpha value is -1.69. The maximum atomic E-state index is 10.6. The first-order valence-corrected chi connectivity index (χ1v) is 4.65. The molecule has 0 fully saturated rings.